The Labute approximate surface area is 97.5 Å². The van der Waals surface area contributed by atoms with Crippen molar-refractivity contribution in [3.8, 4) is 11.4 Å². The van der Waals surface area contributed by atoms with Gasteiger partial charge in [0.25, 0.3) is 0 Å². The molecule has 1 atom stereocenters. The number of halogens is 1. The molecule has 0 radical (unpaired) electrons. The molecule has 0 spiro atoms. The lowest BCUT2D eigenvalue weighted by atomic mass is 10.3. The molecule has 5 nitrogen and oxygen atoms in total. The molecule has 1 aromatic heterocycles. The Balaban J connectivity index is 2.44. The van der Waals surface area contributed by atoms with Crippen LogP contribution in [0.1, 0.15) is 18.7 Å². The maximum absolute atomic E-state index is 13.6. The minimum atomic E-state index is -0.739. The monoisotopic (exact) mass is 237 g/mol. The highest BCUT2D eigenvalue weighted by molar-refractivity contribution is 5.40. The standard InChI is InChI=1S/C11H12FN3O2/c1-7(16)10-6-15(14-13-10)11-5-8(17-2)3-4-9(11)12/h3-7,16H,1-2H3. The highest BCUT2D eigenvalue weighted by Gasteiger charge is 2.11. The van der Waals surface area contributed by atoms with Crippen LogP contribution in [-0.2, 0) is 0 Å². The highest BCUT2D eigenvalue weighted by atomic mass is 19.1. The summed E-state index contributed by atoms with van der Waals surface area (Å²) in [4.78, 5) is 0. The first-order chi connectivity index (χ1) is 8.11. The summed E-state index contributed by atoms with van der Waals surface area (Å²) >= 11 is 0. The van der Waals surface area contributed by atoms with Gasteiger partial charge >= 0.3 is 0 Å². The first-order valence-electron chi connectivity index (χ1n) is 5.06. The van der Waals surface area contributed by atoms with Gasteiger partial charge in [0.1, 0.15) is 22.9 Å². The highest BCUT2D eigenvalue weighted by Crippen LogP contribution is 2.20. The van der Waals surface area contributed by atoms with Gasteiger partial charge < -0.3 is 9.84 Å². The number of aliphatic hydroxyl groups excluding tert-OH is 1. The van der Waals surface area contributed by atoms with E-state index < -0.39 is 11.9 Å². The van der Waals surface area contributed by atoms with Crippen molar-refractivity contribution in [3.63, 3.8) is 0 Å². The lowest BCUT2D eigenvalue weighted by molar-refractivity contribution is 0.194. The van der Waals surface area contributed by atoms with Crippen LogP contribution in [0.4, 0.5) is 4.39 Å². The van der Waals surface area contributed by atoms with Crippen molar-refractivity contribution in [1.29, 1.82) is 0 Å². The minimum absolute atomic E-state index is 0.226. The summed E-state index contributed by atoms with van der Waals surface area (Å²) < 4.78 is 19.9. The van der Waals surface area contributed by atoms with Gasteiger partial charge in [-0.1, -0.05) is 5.21 Å². The van der Waals surface area contributed by atoms with E-state index in [0.29, 0.717) is 11.4 Å². The number of nitrogens with zero attached hydrogens (tertiary/aromatic N) is 3. The van der Waals surface area contributed by atoms with Gasteiger partial charge in [0, 0.05) is 6.07 Å². The predicted molar refractivity (Wildman–Crippen MR) is 58.5 cm³/mol. The largest absolute Gasteiger partial charge is 0.497 e. The maximum Gasteiger partial charge on any atom is 0.149 e. The zero-order valence-corrected chi connectivity index (χ0v) is 9.46. The van der Waals surface area contributed by atoms with E-state index >= 15 is 0 Å². The summed E-state index contributed by atoms with van der Waals surface area (Å²) in [5.74, 6) is 0.0864. The van der Waals surface area contributed by atoms with Gasteiger partial charge in [-0.25, -0.2) is 9.07 Å². The molecule has 0 fully saturated rings. The van der Waals surface area contributed by atoms with Crippen LogP contribution in [-0.4, -0.2) is 27.2 Å². The van der Waals surface area contributed by atoms with Gasteiger partial charge in [0.05, 0.1) is 19.4 Å². The van der Waals surface area contributed by atoms with Crippen molar-refractivity contribution >= 4 is 0 Å². The fourth-order valence-electron chi connectivity index (χ4n) is 1.38. The second-order valence-electron chi connectivity index (χ2n) is 3.58. The lowest BCUT2D eigenvalue weighted by Crippen LogP contribution is -1.99. The van der Waals surface area contributed by atoms with E-state index in [1.165, 1.54) is 36.2 Å². The molecule has 2 aromatic rings. The molecule has 17 heavy (non-hydrogen) atoms. The molecule has 0 bridgehead atoms. The summed E-state index contributed by atoms with van der Waals surface area (Å²) in [6.45, 7) is 1.57. The van der Waals surface area contributed by atoms with E-state index in [2.05, 4.69) is 10.3 Å². The van der Waals surface area contributed by atoms with E-state index in [9.17, 15) is 9.50 Å². The average molecular weight is 237 g/mol. The van der Waals surface area contributed by atoms with Crippen LogP contribution in [0.15, 0.2) is 24.4 Å². The van der Waals surface area contributed by atoms with Crippen LogP contribution in [0.2, 0.25) is 0 Å². The molecule has 1 aromatic carbocycles. The van der Waals surface area contributed by atoms with Crippen molar-refractivity contribution in [1.82, 2.24) is 15.0 Å². The van der Waals surface area contributed by atoms with Crippen LogP contribution >= 0.6 is 0 Å². The number of methoxy groups -OCH3 is 1. The van der Waals surface area contributed by atoms with Crippen LogP contribution in [0.25, 0.3) is 5.69 Å². The Morgan fingerprint density at radius 3 is 2.82 bits per heavy atom. The Kier molecular flexibility index (Phi) is 3.06. The normalized spacial score (nSPS) is 12.5. The number of benzene rings is 1. The van der Waals surface area contributed by atoms with Gasteiger partial charge in [-0.2, -0.15) is 0 Å². The van der Waals surface area contributed by atoms with E-state index in [1.54, 1.807) is 6.92 Å². The van der Waals surface area contributed by atoms with E-state index in [0.717, 1.165) is 0 Å². The van der Waals surface area contributed by atoms with Crippen molar-refractivity contribution in [3.05, 3.63) is 35.9 Å². The van der Waals surface area contributed by atoms with E-state index in [1.807, 2.05) is 0 Å². The fraction of sp³-hybridized carbons (Fsp3) is 0.273. The number of hydrogen-bond acceptors (Lipinski definition) is 4. The molecule has 0 aliphatic carbocycles. The predicted octanol–water partition coefficient (Wildman–Crippen LogP) is 1.47. The Morgan fingerprint density at radius 2 is 2.24 bits per heavy atom. The third-order valence-corrected chi connectivity index (χ3v) is 2.34. The number of aromatic nitrogens is 3. The molecule has 0 amide bonds. The van der Waals surface area contributed by atoms with Crippen LogP contribution in [0, 0.1) is 5.82 Å². The molecule has 6 heteroatoms. The number of hydrogen-bond donors (Lipinski definition) is 1. The van der Waals surface area contributed by atoms with Gasteiger partial charge in [-0.05, 0) is 19.1 Å². The topological polar surface area (TPSA) is 60.2 Å². The van der Waals surface area contributed by atoms with Crippen molar-refractivity contribution in [2.75, 3.05) is 7.11 Å². The Morgan fingerprint density at radius 1 is 1.47 bits per heavy atom. The van der Waals surface area contributed by atoms with Gasteiger partial charge in [-0.3, -0.25) is 0 Å². The molecule has 0 aliphatic rings. The van der Waals surface area contributed by atoms with Crippen LogP contribution in [0.3, 0.4) is 0 Å². The molecule has 0 aliphatic heterocycles. The zero-order chi connectivity index (χ0) is 12.4. The third-order valence-electron chi connectivity index (χ3n) is 2.34. The quantitative estimate of drug-likeness (QED) is 0.878. The number of aliphatic hydroxyl groups is 1. The molecular formula is C11H12FN3O2. The molecule has 0 saturated carbocycles. The van der Waals surface area contributed by atoms with Gasteiger partial charge in [0.2, 0.25) is 0 Å². The summed E-state index contributed by atoms with van der Waals surface area (Å²) in [6.07, 6.45) is 0.736. The minimum Gasteiger partial charge on any atom is -0.497 e. The lowest BCUT2D eigenvalue weighted by Gasteiger charge is -2.05. The van der Waals surface area contributed by atoms with Crippen molar-refractivity contribution in [2.45, 2.75) is 13.0 Å². The van der Waals surface area contributed by atoms with Crippen LogP contribution in [0.5, 0.6) is 5.75 Å². The van der Waals surface area contributed by atoms with Gasteiger partial charge in [0.15, 0.2) is 0 Å². The first kappa shape index (κ1) is 11.5. The molecule has 1 N–H and O–H groups in total. The second-order valence-corrected chi connectivity index (χ2v) is 3.58. The fourth-order valence-corrected chi connectivity index (χ4v) is 1.38. The van der Waals surface area contributed by atoms with Crippen molar-refractivity contribution in [2.24, 2.45) is 0 Å². The van der Waals surface area contributed by atoms with Crippen molar-refractivity contribution < 1.29 is 14.2 Å². The molecule has 0 saturated heterocycles. The Hall–Kier alpha value is -1.95. The number of rotatable bonds is 3. The third kappa shape index (κ3) is 2.26. The molecule has 1 unspecified atom stereocenters. The summed E-state index contributed by atoms with van der Waals surface area (Å²) in [5.41, 5.74) is 0.607. The summed E-state index contributed by atoms with van der Waals surface area (Å²) in [5, 5.41) is 16.8. The summed E-state index contributed by atoms with van der Waals surface area (Å²) in [7, 11) is 1.50. The summed E-state index contributed by atoms with van der Waals surface area (Å²) in [6, 6.07) is 4.32. The SMILES string of the molecule is COc1ccc(F)c(-n2cc(C(C)O)nn2)c1. The molecule has 90 valence electrons. The molecule has 1 heterocycles. The van der Waals surface area contributed by atoms with E-state index in [-0.39, 0.29) is 5.69 Å². The maximum atomic E-state index is 13.6. The van der Waals surface area contributed by atoms with Gasteiger partial charge in [-0.15, -0.1) is 5.10 Å². The zero-order valence-electron chi connectivity index (χ0n) is 9.46. The number of ether oxygens (including phenoxy) is 1. The molecular weight excluding hydrogens is 225 g/mol. The van der Waals surface area contributed by atoms with Crippen LogP contribution < -0.4 is 4.74 Å². The second kappa shape index (κ2) is 4.50. The molecule has 2 rings (SSSR count). The smallest absolute Gasteiger partial charge is 0.149 e. The first-order valence-corrected chi connectivity index (χ1v) is 5.06. The van der Waals surface area contributed by atoms with E-state index in [4.69, 9.17) is 4.74 Å². The average Bonchev–Trinajstić information content (AvgIpc) is 2.79. The Bertz CT molecular complexity index is 525.